The second-order valence-electron chi connectivity index (χ2n) is 8.06. The van der Waals surface area contributed by atoms with Gasteiger partial charge in [0.05, 0.1) is 0 Å². The minimum absolute atomic E-state index is 0.281. The number of hydrogen-bond acceptors (Lipinski definition) is 1. The lowest BCUT2D eigenvalue weighted by molar-refractivity contribution is -0.134. The Balaban J connectivity index is 1.49. The molecular formula is C17H27NO. The number of piperidine rings is 1. The normalized spacial score (nSPS) is 45.7. The van der Waals surface area contributed by atoms with Crippen LogP contribution in [-0.4, -0.2) is 23.9 Å². The van der Waals surface area contributed by atoms with Crippen molar-refractivity contribution in [1.82, 2.24) is 4.90 Å². The predicted molar refractivity (Wildman–Crippen MR) is 75.6 cm³/mol. The third kappa shape index (κ3) is 1.94. The Labute approximate surface area is 116 Å². The van der Waals surface area contributed by atoms with E-state index in [1.807, 2.05) is 0 Å². The molecule has 0 aromatic carbocycles. The molecule has 0 unspecified atom stereocenters. The molecule has 1 heterocycles. The van der Waals surface area contributed by atoms with Crippen LogP contribution in [0.4, 0.5) is 0 Å². The SMILES string of the molecule is CC(=O)N1CCC(C23CC4CC(CC(C4)C2)C3)CC1. The summed E-state index contributed by atoms with van der Waals surface area (Å²) in [5.74, 6) is 4.41. The molecule has 4 aliphatic carbocycles. The smallest absolute Gasteiger partial charge is 0.219 e. The molecule has 5 aliphatic rings. The van der Waals surface area contributed by atoms with Gasteiger partial charge in [-0.25, -0.2) is 0 Å². The van der Waals surface area contributed by atoms with Gasteiger partial charge in [0.2, 0.25) is 5.91 Å². The molecule has 0 N–H and O–H groups in total. The second kappa shape index (κ2) is 4.23. The summed E-state index contributed by atoms with van der Waals surface area (Å²) in [6.07, 6.45) is 11.8. The monoisotopic (exact) mass is 261 g/mol. The summed E-state index contributed by atoms with van der Waals surface area (Å²) in [7, 11) is 0. The molecule has 2 nitrogen and oxygen atoms in total. The summed E-state index contributed by atoms with van der Waals surface area (Å²) in [5.41, 5.74) is 0.706. The van der Waals surface area contributed by atoms with Crippen LogP contribution in [0.5, 0.6) is 0 Å². The standard InChI is InChI=1S/C17H27NO/c1-12(19)18-4-2-16(3-5-18)17-9-13-6-14(10-17)8-15(7-13)11-17/h13-16H,2-11H2,1H3. The Bertz CT molecular complexity index is 345. The molecule has 0 spiro atoms. The van der Waals surface area contributed by atoms with Crippen molar-refractivity contribution in [2.75, 3.05) is 13.1 Å². The molecule has 0 aromatic heterocycles. The van der Waals surface area contributed by atoms with Crippen LogP contribution in [0.15, 0.2) is 0 Å². The molecule has 1 aliphatic heterocycles. The van der Waals surface area contributed by atoms with Crippen LogP contribution in [0.25, 0.3) is 0 Å². The van der Waals surface area contributed by atoms with Gasteiger partial charge in [-0.2, -0.15) is 0 Å². The molecule has 19 heavy (non-hydrogen) atoms. The topological polar surface area (TPSA) is 20.3 Å². The number of hydrogen-bond donors (Lipinski definition) is 0. The zero-order chi connectivity index (χ0) is 13.0. The zero-order valence-electron chi connectivity index (χ0n) is 12.2. The van der Waals surface area contributed by atoms with Crippen molar-refractivity contribution in [3.05, 3.63) is 0 Å². The highest BCUT2D eigenvalue weighted by Gasteiger charge is 2.54. The molecule has 106 valence electrons. The maximum absolute atomic E-state index is 11.5. The van der Waals surface area contributed by atoms with E-state index in [0.29, 0.717) is 5.41 Å². The summed E-state index contributed by atoms with van der Waals surface area (Å²) >= 11 is 0. The Hall–Kier alpha value is -0.530. The van der Waals surface area contributed by atoms with Crippen LogP contribution in [0.3, 0.4) is 0 Å². The molecule has 4 bridgehead atoms. The first kappa shape index (κ1) is 12.2. The maximum Gasteiger partial charge on any atom is 0.219 e. The van der Waals surface area contributed by atoms with Crippen molar-refractivity contribution in [3.63, 3.8) is 0 Å². The van der Waals surface area contributed by atoms with Gasteiger partial charge >= 0.3 is 0 Å². The van der Waals surface area contributed by atoms with E-state index in [1.165, 1.54) is 32.1 Å². The van der Waals surface area contributed by atoms with Crippen LogP contribution < -0.4 is 0 Å². The molecular weight excluding hydrogens is 234 g/mol. The second-order valence-corrected chi connectivity index (χ2v) is 8.06. The molecule has 1 saturated heterocycles. The van der Waals surface area contributed by atoms with Crippen molar-refractivity contribution in [2.45, 2.75) is 58.3 Å². The van der Waals surface area contributed by atoms with Gasteiger partial charge in [-0.05, 0) is 80.5 Å². The zero-order valence-corrected chi connectivity index (χ0v) is 12.2. The number of nitrogens with zero attached hydrogens (tertiary/aromatic N) is 1. The number of carbonyl (C=O) groups excluding carboxylic acids is 1. The third-order valence-corrected chi connectivity index (χ3v) is 6.89. The molecule has 4 saturated carbocycles. The fraction of sp³-hybridized carbons (Fsp3) is 0.941. The lowest BCUT2D eigenvalue weighted by Gasteiger charge is -2.60. The molecule has 0 aromatic rings. The highest BCUT2D eigenvalue weighted by Crippen LogP contribution is 2.64. The van der Waals surface area contributed by atoms with Crippen molar-refractivity contribution in [2.24, 2.45) is 29.1 Å². The van der Waals surface area contributed by atoms with Crippen LogP contribution in [-0.2, 0) is 4.79 Å². The molecule has 1 amide bonds. The Kier molecular flexibility index (Phi) is 2.72. The molecule has 5 fully saturated rings. The van der Waals surface area contributed by atoms with Crippen molar-refractivity contribution < 1.29 is 4.79 Å². The summed E-state index contributed by atoms with van der Waals surface area (Å²) in [6.45, 7) is 3.79. The Morgan fingerprint density at radius 2 is 1.42 bits per heavy atom. The summed E-state index contributed by atoms with van der Waals surface area (Å²) in [6, 6.07) is 0. The highest BCUT2D eigenvalue weighted by atomic mass is 16.2. The summed E-state index contributed by atoms with van der Waals surface area (Å²) in [4.78, 5) is 13.5. The maximum atomic E-state index is 11.5. The van der Waals surface area contributed by atoms with Gasteiger partial charge < -0.3 is 4.90 Å². The van der Waals surface area contributed by atoms with Gasteiger partial charge in [0.15, 0.2) is 0 Å². The molecule has 0 atom stereocenters. The van der Waals surface area contributed by atoms with E-state index in [4.69, 9.17) is 0 Å². The Morgan fingerprint density at radius 3 is 1.84 bits per heavy atom. The average molecular weight is 261 g/mol. The summed E-state index contributed by atoms with van der Waals surface area (Å²) in [5, 5.41) is 0. The van der Waals surface area contributed by atoms with E-state index < -0.39 is 0 Å². The van der Waals surface area contributed by atoms with E-state index in [-0.39, 0.29) is 5.91 Å². The average Bonchev–Trinajstić information content (AvgIpc) is 2.37. The van der Waals surface area contributed by atoms with E-state index >= 15 is 0 Å². The van der Waals surface area contributed by atoms with Gasteiger partial charge in [-0.3, -0.25) is 4.79 Å². The largest absolute Gasteiger partial charge is 0.343 e. The number of rotatable bonds is 1. The number of likely N-dealkylation sites (tertiary alicyclic amines) is 1. The van der Waals surface area contributed by atoms with E-state index in [2.05, 4.69) is 4.90 Å². The van der Waals surface area contributed by atoms with Crippen LogP contribution in [0.1, 0.15) is 58.3 Å². The lowest BCUT2D eigenvalue weighted by Crippen LogP contribution is -2.52. The first-order chi connectivity index (χ1) is 9.14. The van der Waals surface area contributed by atoms with Gasteiger partial charge in [0.25, 0.3) is 0 Å². The number of amides is 1. The highest BCUT2D eigenvalue weighted by molar-refractivity contribution is 5.73. The fourth-order valence-corrected chi connectivity index (χ4v) is 6.48. The first-order valence-corrected chi connectivity index (χ1v) is 8.40. The fourth-order valence-electron chi connectivity index (χ4n) is 6.48. The third-order valence-electron chi connectivity index (χ3n) is 6.89. The van der Waals surface area contributed by atoms with Crippen molar-refractivity contribution in [3.8, 4) is 0 Å². The van der Waals surface area contributed by atoms with Gasteiger partial charge in [0, 0.05) is 20.0 Å². The van der Waals surface area contributed by atoms with Crippen LogP contribution in [0.2, 0.25) is 0 Å². The summed E-state index contributed by atoms with van der Waals surface area (Å²) < 4.78 is 0. The Morgan fingerprint density at radius 1 is 0.947 bits per heavy atom. The first-order valence-electron chi connectivity index (χ1n) is 8.40. The van der Waals surface area contributed by atoms with Gasteiger partial charge in [-0.15, -0.1) is 0 Å². The van der Waals surface area contributed by atoms with E-state index in [0.717, 1.165) is 36.8 Å². The quantitative estimate of drug-likeness (QED) is 0.708. The molecule has 0 radical (unpaired) electrons. The van der Waals surface area contributed by atoms with Crippen LogP contribution >= 0.6 is 0 Å². The number of carbonyl (C=O) groups is 1. The predicted octanol–water partition coefficient (Wildman–Crippen LogP) is 3.46. The minimum atomic E-state index is 0.281. The van der Waals surface area contributed by atoms with E-state index in [1.54, 1.807) is 26.2 Å². The molecule has 5 rings (SSSR count). The molecule has 2 heteroatoms. The van der Waals surface area contributed by atoms with Crippen LogP contribution in [0, 0.1) is 29.1 Å². The minimum Gasteiger partial charge on any atom is -0.343 e. The van der Waals surface area contributed by atoms with Gasteiger partial charge in [0.1, 0.15) is 0 Å². The van der Waals surface area contributed by atoms with E-state index in [9.17, 15) is 4.79 Å². The lowest BCUT2D eigenvalue weighted by atomic mass is 9.45. The van der Waals surface area contributed by atoms with Crippen molar-refractivity contribution >= 4 is 5.91 Å². The van der Waals surface area contributed by atoms with Gasteiger partial charge in [-0.1, -0.05) is 0 Å². The van der Waals surface area contributed by atoms with Crippen molar-refractivity contribution in [1.29, 1.82) is 0 Å².